The van der Waals surface area contributed by atoms with E-state index in [0.29, 0.717) is 16.9 Å². The molecule has 5 nitrogen and oxygen atoms in total. The molecule has 2 rings (SSSR count). The summed E-state index contributed by atoms with van der Waals surface area (Å²) in [7, 11) is -3.20. The molecular weight excluding hydrogens is 202 g/mol. The molecule has 2 heterocycles. The third-order valence-corrected chi connectivity index (χ3v) is 2.86. The van der Waals surface area contributed by atoms with Gasteiger partial charge in [-0.05, 0) is 0 Å². The molecule has 0 spiro atoms. The van der Waals surface area contributed by atoms with E-state index >= 15 is 0 Å². The van der Waals surface area contributed by atoms with Gasteiger partial charge in [-0.2, -0.15) is 0 Å². The van der Waals surface area contributed by atoms with Gasteiger partial charge in [-0.15, -0.1) is 0 Å². The van der Waals surface area contributed by atoms with Gasteiger partial charge in [-0.1, -0.05) is 13.8 Å². The van der Waals surface area contributed by atoms with Gasteiger partial charge in [-0.3, -0.25) is 9.71 Å². The predicted molar refractivity (Wildman–Crippen MR) is 56.2 cm³/mol. The molecule has 0 bridgehead atoms. The maximum absolute atomic E-state index is 11.0. The molecule has 14 heavy (non-hydrogen) atoms. The van der Waals surface area contributed by atoms with Crippen LogP contribution in [0.2, 0.25) is 0 Å². The van der Waals surface area contributed by atoms with Crippen molar-refractivity contribution in [3.63, 3.8) is 0 Å². The topological polar surface area (TPSA) is 85.1 Å². The molecule has 0 aromatic carbocycles. The van der Waals surface area contributed by atoms with E-state index in [1.54, 1.807) is 0 Å². The summed E-state index contributed by atoms with van der Waals surface area (Å²) in [6.45, 7) is 4.00. The zero-order valence-electron chi connectivity index (χ0n) is 8.11. The lowest BCUT2D eigenvalue weighted by Crippen LogP contribution is -2.06. The van der Waals surface area contributed by atoms with Gasteiger partial charge >= 0.3 is 0 Å². The van der Waals surface area contributed by atoms with E-state index in [-0.39, 0.29) is 5.75 Å². The lowest BCUT2D eigenvalue weighted by molar-refractivity contribution is 0.602. The van der Waals surface area contributed by atoms with Crippen LogP contribution in [0, 0.1) is 0 Å². The minimum Gasteiger partial charge on any atom is -0.396 e. The summed E-state index contributed by atoms with van der Waals surface area (Å²) in [5.74, 6) is -0.0274. The van der Waals surface area contributed by atoms with Crippen LogP contribution in [0.15, 0.2) is 12.4 Å². The highest BCUT2D eigenvalue weighted by Gasteiger charge is 2.25. The number of pyridine rings is 1. The molecular formula is C8H13N3O2S. The van der Waals surface area contributed by atoms with Crippen molar-refractivity contribution in [2.24, 2.45) is 0 Å². The molecule has 3 N–H and O–H groups in total. The van der Waals surface area contributed by atoms with Gasteiger partial charge in [0.05, 0.1) is 23.3 Å². The average Bonchev–Trinajstić information content (AvgIpc) is 2.45. The molecule has 1 aromatic rings. The second-order valence-electron chi connectivity index (χ2n) is 2.62. The molecule has 0 fully saturated rings. The van der Waals surface area contributed by atoms with Crippen LogP contribution in [0.4, 0.5) is 11.4 Å². The Morgan fingerprint density at radius 3 is 2.64 bits per heavy atom. The van der Waals surface area contributed by atoms with Crippen LogP contribution < -0.4 is 10.5 Å². The normalized spacial score (nSPS) is 16.1. The molecule has 78 valence electrons. The lowest BCUT2D eigenvalue weighted by atomic mass is 10.2. The SMILES string of the molecule is CC.Nc1cncc2c1NS(=O)(=O)C2. The fourth-order valence-corrected chi connectivity index (χ4v) is 2.41. The maximum Gasteiger partial charge on any atom is 0.237 e. The maximum atomic E-state index is 11.0. The van der Waals surface area contributed by atoms with Crippen molar-refractivity contribution in [3.8, 4) is 0 Å². The number of nitrogens with one attached hydrogen (secondary N) is 1. The van der Waals surface area contributed by atoms with Crippen LogP contribution in [0.1, 0.15) is 19.4 Å². The highest BCUT2D eigenvalue weighted by atomic mass is 32.2. The first-order valence-corrected chi connectivity index (χ1v) is 5.96. The highest BCUT2D eigenvalue weighted by molar-refractivity contribution is 7.92. The van der Waals surface area contributed by atoms with Crippen molar-refractivity contribution < 1.29 is 8.42 Å². The average molecular weight is 215 g/mol. The highest BCUT2D eigenvalue weighted by Crippen LogP contribution is 2.30. The number of nitrogens with two attached hydrogens (primary N) is 1. The first kappa shape index (κ1) is 10.8. The molecule has 1 aliphatic heterocycles. The molecule has 0 saturated carbocycles. The van der Waals surface area contributed by atoms with Gasteiger partial charge in [0, 0.05) is 11.8 Å². The number of aromatic nitrogens is 1. The Bertz CT molecular complexity index is 428. The van der Waals surface area contributed by atoms with Gasteiger partial charge in [0.1, 0.15) is 0 Å². The summed E-state index contributed by atoms with van der Waals surface area (Å²) >= 11 is 0. The minimum atomic E-state index is -3.20. The third kappa shape index (κ3) is 1.95. The fourth-order valence-electron chi connectivity index (χ4n) is 1.15. The largest absolute Gasteiger partial charge is 0.396 e. The smallest absolute Gasteiger partial charge is 0.237 e. The summed E-state index contributed by atoms with van der Waals surface area (Å²) in [5.41, 5.74) is 6.98. The second-order valence-corrected chi connectivity index (χ2v) is 4.35. The summed E-state index contributed by atoms with van der Waals surface area (Å²) in [4.78, 5) is 3.79. The number of fused-ring (bicyclic) bond motifs is 1. The molecule has 6 heteroatoms. The first-order valence-electron chi connectivity index (χ1n) is 4.31. The van der Waals surface area contributed by atoms with Crippen molar-refractivity contribution in [1.29, 1.82) is 0 Å². The molecule has 0 saturated heterocycles. The van der Waals surface area contributed by atoms with Gasteiger partial charge in [0.15, 0.2) is 0 Å². The number of sulfonamides is 1. The number of anilines is 2. The van der Waals surface area contributed by atoms with Crippen molar-refractivity contribution in [2.45, 2.75) is 19.6 Å². The Morgan fingerprint density at radius 2 is 2.07 bits per heavy atom. The van der Waals surface area contributed by atoms with E-state index < -0.39 is 10.0 Å². The predicted octanol–water partition coefficient (Wildman–Crippen LogP) is 0.945. The Kier molecular flexibility index (Phi) is 2.95. The number of nitrogens with zero attached hydrogens (tertiary/aromatic N) is 1. The molecule has 0 amide bonds. The van der Waals surface area contributed by atoms with Gasteiger partial charge < -0.3 is 5.73 Å². The minimum absolute atomic E-state index is 0.0274. The summed E-state index contributed by atoms with van der Waals surface area (Å²) < 4.78 is 24.4. The van der Waals surface area contributed by atoms with Crippen molar-refractivity contribution in [3.05, 3.63) is 18.0 Å². The van der Waals surface area contributed by atoms with Crippen LogP contribution in [0.25, 0.3) is 0 Å². The zero-order chi connectivity index (χ0) is 10.8. The summed E-state index contributed by atoms with van der Waals surface area (Å²) in [6.07, 6.45) is 2.93. The number of nitrogen functional groups attached to an aromatic ring is 1. The lowest BCUT2D eigenvalue weighted by Gasteiger charge is -1.99. The molecule has 0 atom stereocenters. The summed E-state index contributed by atoms with van der Waals surface area (Å²) in [6, 6.07) is 0. The monoisotopic (exact) mass is 215 g/mol. The van der Waals surface area contributed by atoms with E-state index in [1.165, 1.54) is 12.4 Å². The van der Waals surface area contributed by atoms with Crippen LogP contribution in [-0.2, 0) is 15.8 Å². The fraction of sp³-hybridized carbons (Fsp3) is 0.375. The second kappa shape index (κ2) is 3.83. The van der Waals surface area contributed by atoms with Gasteiger partial charge in [-0.25, -0.2) is 8.42 Å². The number of hydrogen-bond donors (Lipinski definition) is 2. The van der Waals surface area contributed by atoms with Crippen molar-refractivity contribution in [2.75, 3.05) is 10.5 Å². The van der Waals surface area contributed by atoms with E-state index in [9.17, 15) is 8.42 Å². The molecule has 1 aromatic heterocycles. The Labute approximate surface area is 83.4 Å². The number of hydrogen-bond acceptors (Lipinski definition) is 4. The van der Waals surface area contributed by atoms with Crippen molar-refractivity contribution in [1.82, 2.24) is 4.98 Å². The zero-order valence-corrected chi connectivity index (χ0v) is 8.93. The van der Waals surface area contributed by atoms with Gasteiger partial charge in [0.2, 0.25) is 10.0 Å². The Balaban J connectivity index is 0.000000461. The van der Waals surface area contributed by atoms with E-state index in [1.807, 2.05) is 13.8 Å². The van der Waals surface area contributed by atoms with E-state index in [4.69, 9.17) is 5.73 Å². The molecule has 0 aliphatic carbocycles. The van der Waals surface area contributed by atoms with Crippen LogP contribution in [-0.4, -0.2) is 13.4 Å². The Hall–Kier alpha value is -1.30. The standard InChI is InChI=1S/C6H7N3O2S.C2H6/c7-5-2-8-1-4-3-12(10,11)9-6(4)5;1-2/h1-2,9H,3,7H2;1-2H3. The van der Waals surface area contributed by atoms with E-state index in [0.717, 1.165) is 0 Å². The molecule has 1 aliphatic rings. The summed E-state index contributed by atoms with van der Waals surface area (Å²) in [5, 5.41) is 0. The van der Waals surface area contributed by atoms with Crippen molar-refractivity contribution >= 4 is 21.4 Å². The number of rotatable bonds is 0. The van der Waals surface area contributed by atoms with Gasteiger partial charge in [0.25, 0.3) is 0 Å². The molecule has 0 unspecified atom stereocenters. The van der Waals surface area contributed by atoms with E-state index in [2.05, 4.69) is 9.71 Å². The quantitative estimate of drug-likeness (QED) is 0.674. The third-order valence-electron chi connectivity index (χ3n) is 1.66. The molecule has 0 radical (unpaired) electrons. The Morgan fingerprint density at radius 1 is 1.43 bits per heavy atom. The first-order chi connectivity index (χ1) is 6.58. The van der Waals surface area contributed by atoms with Crippen LogP contribution >= 0.6 is 0 Å². The van der Waals surface area contributed by atoms with Crippen LogP contribution in [0.3, 0.4) is 0 Å². The van der Waals surface area contributed by atoms with Crippen LogP contribution in [0.5, 0.6) is 0 Å².